The molecular weight excluding hydrogens is 242 g/mol. The number of rotatable bonds is 2. The van der Waals surface area contributed by atoms with Crippen LogP contribution < -0.4 is 14.8 Å². The zero-order chi connectivity index (χ0) is 13.1. The Bertz CT molecular complexity index is 583. The number of amides is 1. The van der Waals surface area contributed by atoms with E-state index in [1.54, 1.807) is 6.07 Å². The molecule has 1 aliphatic rings. The Morgan fingerprint density at radius 2 is 1.68 bits per heavy atom. The first-order valence-corrected chi connectivity index (χ1v) is 6.07. The molecule has 2 aromatic carbocycles. The van der Waals surface area contributed by atoms with Crippen LogP contribution in [0.15, 0.2) is 54.6 Å². The highest BCUT2D eigenvalue weighted by molar-refractivity contribution is 5.94. The second kappa shape index (κ2) is 5.02. The van der Waals surface area contributed by atoms with E-state index in [2.05, 4.69) is 5.32 Å². The molecule has 0 unspecified atom stereocenters. The van der Waals surface area contributed by atoms with Gasteiger partial charge >= 0.3 is 0 Å². The lowest BCUT2D eigenvalue weighted by molar-refractivity contribution is -0.125. The van der Waals surface area contributed by atoms with Crippen LogP contribution in [0.25, 0.3) is 0 Å². The molecule has 0 saturated heterocycles. The van der Waals surface area contributed by atoms with Crippen LogP contribution in [0.2, 0.25) is 0 Å². The summed E-state index contributed by atoms with van der Waals surface area (Å²) in [5.41, 5.74) is 0.745. The summed E-state index contributed by atoms with van der Waals surface area (Å²) in [6, 6.07) is 16.6. The molecule has 4 nitrogen and oxygen atoms in total. The van der Waals surface area contributed by atoms with Crippen molar-refractivity contribution in [1.29, 1.82) is 0 Å². The van der Waals surface area contributed by atoms with Gasteiger partial charge < -0.3 is 14.8 Å². The van der Waals surface area contributed by atoms with Crippen LogP contribution in [0.3, 0.4) is 0 Å². The third-order valence-corrected chi connectivity index (χ3v) is 2.84. The largest absolute Gasteiger partial charge is 0.485 e. The minimum atomic E-state index is -0.630. The van der Waals surface area contributed by atoms with Crippen LogP contribution in [-0.2, 0) is 4.79 Å². The predicted molar refractivity (Wildman–Crippen MR) is 71.4 cm³/mol. The second-order valence-electron chi connectivity index (χ2n) is 4.22. The fourth-order valence-corrected chi connectivity index (χ4v) is 1.89. The molecule has 1 aliphatic heterocycles. The Hall–Kier alpha value is -2.49. The van der Waals surface area contributed by atoms with Gasteiger partial charge in [-0.3, -0.25) is 4.79 Å². The van der Waals surface area contributed by atoms with Crippen molar-refractivity contribution in [2.75, 3.05) is 11.9 Å². The first-order chi connectivity index (χ1) is 9.33. The van der Waals surface area contributed by atoms with Crippen LogP contribution in [-0.4, -0.2) is 18.6 Å². The predicted octanol–water partition coefficient (Wildman–Crippen LogP) is 2.47. The summed E-state index contributed by atoms with van der Waals surface area (Å²) in [4.78, 5) is 12.1. The van der Waals surface area contributed by atoms with Crippen LogP contribution in [0.4, 0.5) is 5.69 Å². The molecule has 4 heteroatoms. The van der Waals surface area contributed by atoms with E-state index < -0.39 is 6.10 Å². The van der Waals surface area contributed by atoms with Crippen molar-refractivity contribution in [3.05, 3.63) is 54.6 Å². The van der Waals surface area contributed by atoms with Gasteiger partial charge in [-0.2, -0.15) is 0 Å². The molecule has 1 N–H and O–H groups in total. The molecule has 0 aliphatic carbocycles. The van der Waals surface area contributed by atoms with Crippen molar-refractivity contribution < 1.29 is 14.3 Å². The molecule has 0 saturated carbocycles. The Balaban J connectivity index is 1.70. The first-order valence-electron chi connectivity index (χ1n) is 6.07. The average Bonchev–Trinajstić information content (AvgIpc) is 2.48. The summed E-state index contributed by atoms with van der Waals surface area (Å²) in [6.45, 7) is 0.218. The van der Waals surface area contributed by atoms with Crippen molar-refractivity contribution in [2.45, 2.75) is 6.10 Å². The lowest BCUT2D eigenvalue weighted by Gasteiger charge is -2.25. The smallest absolute Gasteiger partial charge is 0.269 e. The molecule has 19 heavy (non-hydrogen) atoms. The summed E-state index contributed by atoms with van der Waals surface area (Å²) in [5, 5.41) is 2.80. The number of anilines is 1. The fraction of sp³-hybridized carbons (Fsp3) is 0.133. The van der Waals surface area contributed by atoms with Crippen molar-refractivity contribution in [3.8, 4) is 11.5 Å². The van der Waals surface area contributed by atoms with Gasteiger partial charge in [0.25, 0.3) is 5.91 Å². The molecule has 0 aromatic heterocycles. The number of nitrogens with one attached hydrogen (secondary N) is 1. The van der Waals surface area contributed by atoms with E-state index in [4.69, 9.17) is 9.47 Å². The van der Waals surface area contributed by atoms with E-state index in [1.807, 2.05) is 48.5 Å². The number of fused-ring (bicyclic) bond motifs is 1. The van der Waals surface area contributed by atoms with Crippen molar-refractivity contribution in [1.82, 2.24) is 0 Å². The number of benzene rings is 2. The molecule has 0 radical (unpaired) electrons. The maximum absolute atomic E-state index is 12.1. The van der Waals surface area contributed by atoms with Gasteiger partial charge in [-0.1, -0.05) is 30.3 Å². The highest BCUT2D eigenvalue weighted by Crippen LogP contribution is 2.31. The van der Waals surface area contributed by atoms with Gasteiger partial charge in [0.15, 0.2) is 11.5 Å². The van der Waals surface area contributed by atoms with Crippen molar-refractivity contribution >= 4 is 11.6 Å². The topological polar surface area (TPSA) is 47.6 Å². The molecule has 0 bridgehead atoms. The van der Waals surface area contributed by atoms with E-state index in [1.165, 1.54) is 0 Å². The van der Waals surface area contributed by atoms with Gasteiger partial charge in [-0.25, -0.2) is 0 Å². The monoisotopic (exact) mass is 255 g/mol. The van der Waals surface area contributed by atoms with Crippen molar-refractivity contribution in [2.24, 2.45) is 0 Å². The molecule has 2 aromatic rings. The lowest BCUT2D eigenvalue weighted by atomic mass is 10.2. The molecule has 1 heterocycles. The molecular formula is C15H13NO3. The number of hydrogen-bond acceptors (Lipinski definition) is 3. The second-order valence-corrected chi connectivity index (χ2v) is 4.22. The third-order valence-electron chi connectivity index (χ3n) is 2.84. The molecule has 0 spiro atoms. The number of hydrogen-bond donors (Lipinski definition) is 1. The summed E-state index contributed by atoms with van der Waals surface area (Å²) >= 11 is 0. The van der Waals surface area contributed by atoms with Gasteiger partial charge in [0, 0.05) is 5.69 Å². The van der Waals surface area contributed by atoms with Gasteiger partial charge in [-0.15, -0.1) is 0 Å². The van der Waals surface area contributed by atoms with Gasteiger partial charge in [-0.05, 0) is 24.3 Å². The third kappa shape index (κ3) is 2.52. The van der Waals surface area contributed by atoms with Crippen molar-refractivity contribution in [3.63, 3.8) is 0 Å². The van der Waals surface area contributed by atoms with E-state index in [0.717, 1.165) is 5.69 Å². The number of para-hydroxylation sites is 3. The minimum Gasteiger partial charge on any atom is -0.485 e. The quantitative estimate of drug-likeness (QED) is 0.896. The maximum atomic E-state index is 12.1. The summed E-state index contributed by atoms with van der Waals surface area (Å²) in [7, 11) is 0. The normalized spacial score (nSPS) is 16.7. The van der Waals surface area contributed by atoms with Gasteiger partial charge in [0.1, 0.15) is 6.61 Å². The number of carbonyl (C=O) groups excluding carboxylic acids is 1. The van der Waals surface area contributed by atoms with Crippen LogP contribution in [0.1, 0.15) is 0 Å². The molecule has 3 rings (SSSR count). The zero-order valence-electron chi connectivity index (χ0n) is 10.2. The summed E-state index contributed by atoms with van der Waals surface area (Å²) in [6.07, 6.45) is -0.630. The van der Waals surface area contributed by atoms with Crippen LogP contribution >= 0.6 is 0 Å². The number of carbonyl (C=O) groups is 1. The summed E-state index contributed by atoms with van der Waals surface area (Å²) < 4.78 is 11.1. The SMILES string of the molecule is O=C(Nc1ccccc1)[C@H]1COc2ccccc2O1. The fourth-order valence-electron chi connectivity index (χ4n) is 1.89. The first kappa shape index (κ1) is 11.6. The average molecular weight is 255 g/mol. The standard InChI is InChI=1S/C15H13NO3/c17-15(16-11-6-2-1-3-7-11)14-10-18-12-8-4-5-9-13(12)19-14/h1-9,14H,10H2,(H,16,17)/t14-/m1/s1. The van der Waals surface area contributed by atoms with E-state index in [-0.39, 0.29) is 12.5 Å². The van der Waals surface area contributed by atoms with E-state index in [0.29, 0.717) is 11.5 Å². The molecule has 1 atom stereocenters. The Morgan fingerprint density at radius 1 is 1.00 bits per heavy atom. The molecule has 1 amide bonds. The minimum absolute atomic E-state index is 0.208. The van der Waals surface area contributed by atoms with E-state index >= 15 is 0 Å². The Morgan fingerprint density at radius 3 is 2.47 bits per heavy atom. The van der Waals surface area contributed by atoms with E-state index in [9.17, 15) is 4.79 Å². The lowest BCUT2D eigenvalue weighted by Crippen LogP contribution is -2.40. The Kier molecular flexibility index (Phi) is 3.06. The van der Waals surface area contributed by atoms with Gasteiger partial charge in [0.05, 0.1) is 0 Å². The number of ether oxygens (including phenoxy) is 2. The maximum Gasteiger partial charge on any atom is 0.269 e. The summed E-state index contributed by atoms with van der Waals surface area (Å²) in [5.74, 6) is 1.06. The van der Waals surface area contributed by atoms with Crippen LogP contribution in [0.5, 0.6) is 11.5 Å². The molecule has 0 fully saturated rings. The molecule has 96 valence electrons. The zero-order valence-corrected chi connectivity index (χ0v) is 10.2. The Labute approximate surface area is 111 Å². The van der Waals surface area contributed by atoms with Crippen LogP contribution in [0, 0.1) is 0 Å². The highest BCUT2D eigenvalue weighted by atomic mass is 16.6. The van der Waals surface area contributed by atoms with Gasteiger partial charge in [0.2, 0.25) is 6.10 Å². The highest BCUT2D eigenvalue weighted by Gasteiger charge is 2.27.